The minimum Gasteiger partial charge on any atom is -0.504 e. The zero-order valence-electron chi connectivity index (χ0n) is 13.8. The predicted octanol–water partition coefficient (Wildman–Crippen LogP) is 4.75. The Balaban J connectivity index is 1.92. The number of thiocarbonyl (C=S) groups is 1. The molecule has 0 saturated carbocycles. The van der Waals surface area contributed by atoms with Gasteiger partial charge in [0, 0.05) is 5.69 Å². The lowest BCUT2D eigenvalue weighted by Crippen LogP contribution is -2.27. The molecule has 0 spiro atoms. The van der Waals surface area contributed by atoms with E-state index < -0.39 is 0 Å². The van der Waals surface area contributed by atoms with Gasteiger partial charge in [-0.2, -0.15) is 0 Å². The number of hydrogen-bond donors (Lipinski definition) is 1. The molecule has 1 amide bonds. The van der Waals surface area contributed by atoms with Crippen molar-refractivity contribution in [2.75, 3.05) is 11.5 Å². The highest BCUT2D eigenvalue weighted by Gasteiger charge is 2.33. The molecule has 0 aliphatic carbocycles. The molecule has 1 aliphatic rings. The Morgan fingerprint density at radius 1 is 1.35 bits per heavy atom. The molecule has 2 aromatic rings. The summed E-state index contributed by atoms with van der Waals surface area (Å²) in [6, 6.07) is 11.7. The number of ether oxygens (including phenoxy) is 1. The van der Waals surface area contributed by atoms with Crippen LogP contribution in [0, 0.1) is 6.57 Å². The van der Waals surface area contributed by atoms with Crippen LogP contribution in [0.4, 0.5) is 11.4 Å². The summed E-state index contributed by atoms with van der Waals surface area (Å²) in [5.74, 6) is 0.169. The number of carbonyl (C=O) groups is 1. The van der Waals surface area contributed by atoms with Crippen LogP contribution in [-0.2, 0) is 4.79 Å². The van der Waals surface area contributed by atoms with Gasteiger partial charge in [-0.25, -0.2) is 4.85 Å². The third-order valence-electron chi connectivity index (χ3n) is 3.59. The monoisotopic (exact) mass is 382 g/mol. The van der Waals surface area contributed by atoms with Gasteiger partial charge in [-0.3, -0.25) is 9.69 Å². The topological polar surface area (TPSA) is 54.1 Å². The van der Waals surface area contributed by atoms with Gasteiger partial charge in [0.15, 0.2) is 21.5 Å². The van der Waals surface area contributed by atoms with Crippen LogP contribution in [0.5, 0.6) is 11.5 Å². The van der Waals surface area contributed by atoms with Crippen molar-refractivity contribution in [2.24, 2.45) is 0 Å². The van der Waals surface area contributed by atoms with Gasteiger partial charge in [0.05, 0.1) is 18.1 Å². The number of benzene rings is 2. The number of hydrogen-bond acceptors (Lipinski definition) is 5. The Morgan fingerprint density at radius 3 is 2.88 bits per heavy atom. The lowest BCUT2D eigenvalue weighted by molar-refractivity contribution is -0.113. The second-order valence-electron chi connectivity index (χ2n) is 5.31. The summed E-state index contributed by atoms with van der Waals surface area (Å²) in [5, 5.41) is 9.79. The number of carbonyl (C=O) groups excluding carboxylic acids is 1. The summed E-state index contributed by atoms with van der Waals surface area (Å²) in [4.78, 5) is 18.1. The fraction of sp³-hybridized carbons (Fsp3) is 0.105. The number of thioether (sulfide) groups is 1. The summed E-state index contributed by atoms with van der Waals surface area (Å²) in [6.45, 7) is 9.37. The van der Waals surface area contributed by atoms with E-state index in [1.165, 1.54) is 22.7 Å². The van der Waals surface area contributed by atoms with Crippen molar-refractivity contribution in [1.82, 2.24) is 0 Å². The van der Waals surface area contributed by atoms with Crippen LogP contribution in [0.25, 0.3) is 10.9 Å². The Labute approximate surface area is 160 Å². The van der Waals surface area contributed by atoms with Gasteiger partial charge in [-0.1, -0.05) is 42.2 Å². The first-order chi connectivity index (χ1) is 12.5. The maximum atomic E-state index is 12.8. The molecule has 0 aromatic heterocycles. The van der Waals surface area contributed by atoms with Crippen LogP contribution >= 0.6 is 24.0 Å². The quantitative estimate of drug-likeness (QED) is 0.470. The van der Waals surface area contributed by atoms with E-state index in [9.17, 15) is 9.90 Å². The van der Waals surface area contributed by atoms with Crippen molar-refractivity contribution in [1.29, 1.82) is 0 Å². The van der Waals surface area contributed by atoms with Crippen molar-refractivity contribution in [3.63, 3.8) is 0 Å². The fourth-order valence-corrected chi connectivity index (χ4v) is 3.73. The lowest BCUT2D eigenvalue weighted by atomic mass is 10.2. The molecule has 0 unspecified atom stereocenters. The molecule has 5 nitrogen and oxygen atoms in total. The van der Waals surface area contributed by atoms with Gasteiger partial charge in [0.1, 0.15) is 0 Å². The Hall–Kier alpha value is -2.82. The normalized spacial score (nSPS) is 15.4. The molecule has 0 bridgehead atoms. The van der Waals surface area contributed by atoms with E-state index in [0.29, 0.717) is 33.0 Å². The SMILES string of the molecule is [C-]#[N+]c1cccc(N2C(=O)/C(=C/c3ccc(O)c(OCC)c3)SC2=S)c1. The highest BCUT2D eigenvalue weighted by molar-refractivity contribution is 8.27. The van der Waals surface area contributed by atoms with Crippen molar-refractivity contribution < 1.29 is 14.6 Å². The first-order valence-corrected chi connectivity index (χ1v) is 8.97. The van der Waals surface area contributed by atoms with Crippen LogP contribution in [0.1, 0.15) is 12.5 Å². The van der Waals surface area contributed by atoms with E-state index >= 15 is 0 Å². The molecule has 130 valence electrons. The summed E-state index contributed by atoms with van der Waals surface area (Å²) < 4.78 is 5.78. The first-order valence-electron chi connectivity index (χ1n) is 7.74. The zero-order chi connectivity index (χ0) is 18.7. The van der Waals surface area contributed by atoms with E-state index in [1.807, 2.05) is 6.92 Å². The van der Waals surface area contributed by atoms with Crippen LogP contribution in [-0.4, -0.2) is 21.9 Å². The van der Waals surface area contributed by atoms with Gasteiger partial charge >= 0.3 is 0 Å². The maximum Gasteiger partial charge on any atom is 0.270 e. The van der Waals surface area contributed by atoms with Crippen molar-refractivity contribution >= 4 is 51.7 Å². The van der Waals surface area contributed by atoms with Crippen LogP contribution in [0.3, 0.4) is 0 Å². The third kappa shape index (κ3) is 3.57. The van der Waals surface area contributed by atoms with Crippen LogP contribution < -0.4 is 9.64 Å². The first kappa shape index (κ1) is 18.0. The summed E-state index contributed by atoms with van der Waals surface area (Å²) >= 11 is 6.54. The number of phenols is 1. The van der Waals surface area contributed by atoms with Crippen molar-refractivity contribution in [3.8, 4) is 11.5 Å². The predicted molar refractivity (Wildman–Crippen MR) is 108 cm³/mol. The van der Waals surface area contributed by atoms with Gasteiger partial charge in [-0.15, -0.1) is 0 Å². The molecular formula is C19H14N2O3S2. The van der Waals surface area contributed by atoms with Gasteiger partial charge < -0.3 is 9.84 Å². The van der Waals surface area contributed by atoms with E-state index in [1.54, 1.807) is 42.5 Å². The number of anilines is 1. The average Bonchev–Trinajstić information content (AvgIpc) is 2.91. The van der Waals surface area contributed by atoms with Crippen LogP contribution in [0.2, 0.25) is 0 Å². The summed E-state index contributed by atoms with van der Waals surface area (Å²) in [5.41, 5.74) is 1.74. The molecule has 1 heterocycles. The van der Waals surface area contributed by atoms with Gasteiger partial charge in [0.25, 0.3) is 5.91 Å². The second-order valence-corrected chi connectivity index (χ2v) is 6.98. The van der Waals surface area contributed by atoms with Crippen molar-refractivity contribution in [2.45, 2.75) is 6.92 Å². The molecule has 1 aliphatic heterocycles. The molecule has 2 aromatic carbocycles. The Kier molecular flexibility index (Phi) is 5.26. The fourth-order valence-electron chi connectivity index (χ4n) is 2.43. The molecular weight excluding hydrogens is 368 g/mol. The number of phenolic OH excluding ortho intramolecular Hbond substituents is 1. The lowest BCUT2D eigenvalue weighted by Gasteiger charge is -2.14. The molecule has 3 rings (SSSR count). The molecule has 1 N–H and O–H groups in total. The third-order valence-corrected chi connectivity index (χ3v) is 4.89. The summed E-state index contributed by atoms with van der Waals surface area (Å²) in [6.07, 6.45) is 1.71. The maximum absolute atomic E-state index is 12.8. The number of rotatable bonds is 4. The molecule has 1 fully saturated rings. The zero-order valence-corrected chi connectivity index (χ0v) is 15.4. The summed E-state index contributed by atoms with van der Waals surface area (Å²) in [7, 11) is 0. The number of aromatic hydroxyl groups is 1. The van der Waals surface area contributed by atoms with E-state index in [2.05, 4.69) is 4.85 Å². The molecule has 0 atom stereocenters. The molecule has 0 radical (unpaired) electrons. The van der Waals surface area contributed by atoms with Gasteiger partial charge in [0.2, 0.25) is 0 Å². The standard InChI is InChI=1S/C19H14N2O3S2/c1-3-24-16-9-12(7-8-15(16)22)10-17-18(23)21(19(25)26-17)14-6-4-5-13(11-14)20-2/h4-11,22H,3H2,1H3/b17-10-. The largest absolute Gasteiger partial charge is 0.504 e. The van der Waals surface area contributed by atoms with Crippen LogP contribution in [0.15, 0.2) is 47.4 Å². The minimum atomic E-state index is -0.242. The average molecular weight is 382 g/mol. The second kappa shape index (κ2) is 7.60. The minimum absolute atomic E-state index is 0.0486. The Morgan fingerprint density at radius 2 is 2.15 bits per heavy atom. The highest BCUT2D eigenvalue weighted by Crippen LogP contribution is 2.37. The number of nitrogens with zero attached hydrogens (tertiary/aromatic N) is 2. The van der Waals surface area contributed by atoms with E-state index in [0.717, 1.165) is 5.56 Å². The highest BCUT2D eigenvalue weighted by atomic mass is 32.2. The van der Waals surface area contributed by atoms with E-state index in [-0.39, 0.29) is 11.7 Å². The van der Waals surface area contributed by atoms with E-state index in [4.69, 9.17) is 23.5 Å². The Bertz CT molecular complexity index is 963. The van der Waals surface area contributed by atoms with Crippen molar-refractivity contribution in [3.05, 3.63) is 64.4 Å². The van der Waals surface area contributed by atoms with Gasteiger partial charge in [-0.05, 0) is 42.8 Å². The number of amides is 1. The molecule has 1 saturated heterocycles. The molecule has 26 heavy (non-hydrogen) atoms. The molecule has 7 heteroatoms. The smallest absolute Gasteiger partial charge is 0.270 e.